The number of hydrogen-bond donors (Lipinski definition) is 1. The number of rotatable bonds is 20. The van der Waals surface area contributed by atoms with Crippen molar-refractivity contribution in [3.8, 4) is 11.5 Å². The number of nitrogens with one attached hydrogen (secondary N) is 1. The van der Waals surface area contributed by atoms with Gasteiger partial charge in [0.1, 0.15) is 11.5 Å². The Balaban J connectivity index is 1.55. The van der Waals surface area contributed by atoms with Crippen LogP contribution in [0.4, 0.5) is 5.69 Å². The van der Waals surface area contributed by atoms with Crippen LogP contribution in [0, 0.1) is 5.92 Å². The molecular weight excluding hydrogens is 602 g/mol. The minimum Gasteiger partial charge on any atom is -0.494 e. The molecule has 0 bridgehead atoms. The normalized spacial score (nSPS) is 19.6. The molecule has 3 atom stereocenters. The highest BCUT2D eigenvalue weighted by Crippen LogP contribution is 2.49. The maximum atomic E-state index is 6.20. The molecule has 1 fully saturated rings. The molecule has 1 heterocycles. The fourth-order valence-corrected chi connectivity index (χ4v) is 7.45. The van der Waals surface area contributed by atoms with Crippen molar-refractivity contribution < 1.29 is 9.47 Å². The SMILES string of the molecule is CCCCC1(CCC)C(c2ccc(OCCc3ccc(Cl)cc3)cc2)NC(CC(C)C)N1c1ccc(OCCCN(CC)CC)cc1. The predicted octanol–water partition coefficient (Wildman–Crippen LogP) is 10.3. The van der Waals surface area contributed by atoms with Crippen molar-refractivity contribution in [2.75, 3.05) is 37.7 Å². The Morgan fingerprint density at radius 2 is 1.43 bits per heavy atom. The van der Waals surface area contributed by atoms with Crippen molar-refractivity contribution in [2.45, 2.75) is 111 Å². The van der Waals surface area contributed by atoms with Crippen LogP contribution in [0.3, 0.4) is 0 Å². The van der Waals surface area contributed by atoms with Crippen LogP contribution in [0.15, 0.2) is 72.8 Å². The molecule has 0 saturated carbocycles. The van der Waals surface area contributed by atoms with Gasteiger partial charge < -0.3 is 19.3 Å². The van der Waals surface area contributed by atoms with Gasteiger partial charge in [0.2, 0.25) is 0 Å². The summed E-state index contributed by atoms with van der Waals surface area (Å²) in [5.41, 5.74) is 3.82. The second-order valence-corrected chi connectivity index (χ2v) is 14.0. The first-order valence-electron chi connectivity index (χ1n) is 18.3. The summed E-state index contributed by atoms with van der Waals surface area (Å²) in [6.07, 6.45) is 9.01. The quantitative estimate of drug-likeness (QED) is 0.122. The number of unbranched alkanes of at least 4 members (excludes halogenated alkanes) is 1. The number of hydrogen-bond acceptors (Lipinski definition) is 5. The summed E-state index contributed by atoms with van der Waals surface area (Å²) in [5, 5.41) is 4.94. The lowest BCUT2D eigenvalue weighted by molar-refractivity contribution is 0.249. The van der Waals surface area contributed by atoms with Crippen LogP contribution in [0.5, 0.6) is 11.5 Å². The molecule has 0 radical (unpaired) electrons. The third-order valence-electron chi connectivity index (χ3n) is 9.71. The zero-order chi connectivity index (χ0) is 33.6. The maximum Gasteiger partial charge on any atom is 0.119 e. The number of ether oxygens (including phenoxy) is 2. The van der Waals surface area contributed by atoms with Gasteiger partial charge in [0, 0.05) is 23.7 Å². The molecule has 47 heavy (non-hydrogen) atoms. The van der Waals surface area contributed by atoms with E-state index in [-0.39, 0.29) is 17.7 Å². The Kier molecular flexibility index (Phi) is 14.8. The summed E-state index contributed by atoms with van der Waals surface area (Å²) < 4.78 is 12.4. The Morgan fingerprint density at radius 1 is 0.787 bits per heavy atom. The fraction of sp³-hybridized carbons (Fsp3) is 0.561. The van der Waals surface area contributed by atoms with Crippen molar-refractivity contribution in [1.82, 2.24) is 10.2 Å². The fourth-order valence-electron chi connectivity index (χ4n) is 7.32. The molecule has 1 aliphatic rings. The van der Waals surface area contributed by atoms with Crippen LogP contribution in [-0.2, 0) is 6.42 Å². The highest BCUT2D eigenvalue weighted by molar-refractivity contribution is 6.30. The van der Waals surface area contributed by atoms with Gasteiger partial charge in [-0.15, -0.1) is 0 Å². The summed E-state index contributed by atoms with van der Waals surface area (Å²) in [6.45, 7) is 18.4. The lowest BCUT2D eigenvalue weighted by Crippen LogP contribution is -2.50. The van der Waals surface area contributed by atoms with E-state index in [1.165, 1.54) is 29.7 Å². The lowest BCUT2D eigenvalue weighted by Gasteiger charge is -2.45. The van der Waals surface area contributed by atoms with Crippen LogP contribution >= 0.6 is 11.6 Å². The predicted molar refractivity (Wildman–Crippen MR) is 200 cm³/mol. The van der Waals surface area contributed by atoms with Gasteiger partial charge in [0.25, 0.3) is 0 Å². The molecular formula is C41H60ClN3O2. The third-order valence-corrected chi connectivity index (χ3v) is 9.96. The average Bonchev–Trinajstić information content (AvgIpc) is 3.38. The topological polar surface area (TPSA) is 37.0 Å². The molecule has 0 aromatic heterocycles. The van der Waals surface area contributed by atoms with Crippen LogP contribution in [0.1, 0.15) is 104 Å². The molecule has 1 aliphatic heterocycles. The summed E-state index contributed by atoms with van der Waals surface area (Å²) in [6, 6.07) is 26.1. The van der Waals surface area contributed by atoms with E-state index in [4.69, 9.17) is 21.1 Å². The van der Waals surface area contributed by atoms with Gasteiger partial charge in [-0.2, -0.15) is 0 Å². The number of anilines is 1. The monoisotopic (exact) mass is 661 g/mol. The second-order valence-electron chi connectivity index (χ2n) is 13.6. The van der Waals surface area contributed by atoms with E-state index in [1.807, 2.05) is 12.1 Å². The van der Waals surface area contributed by atoms with Crippen molar-refractivity contribution in [2.24, 2.45) is 5.92 Å². The van der Waals surface area contributed by atoms with Gasteiger partial charge in [-0.05, 0) is 104 Å². The summed E-state index contributed by atoms with van der Waals surface area (Å²) in [4.78, 5) is 5.21. The third kappa shape index (κ3) is 10.1. The van der Waals surface area contributed by atoms with Gasteiger partial charge in [0.05, 0.1) is 31.0 Å². The van der Waals surface area contributed by atoms with Crippen molar-refractivity contribution in [1.29, 1.82) is 0 Å². The largest absolute Gasteiger partial charge is 0.494 e. The zero-order valence-electron chi connectivity index (χ0n) is 29.9. The molecule has 6 heteroatoms. The van der Waals surface area contributed by atoms with Gasteiger partial charge in [0.15, 0.2) is 0 Å². The summed E-state index contributed by atoms with van der Waals surface area (Å²) in [5.74, 6) is 2.45. The van der Waals surface area contributed by atoms with E-state index >= 15 is 0 Å². The zero-order valence-corrected chi connectivity index (χ0v) is 30.7. The van der Waals surface area contributed by atoms with Crippen molar-refractivity contribution in [3.05, 3.63) is 88.9 Å². The maximum absolute atomic E-state index is 6.20. The molecule has 1 saturated heterocycles. The Bertz CT molecular complexity index is 1290. The number of benzene rings is 3. The second kappa shape index (κ2) is 18.7. The van der Waals surface area contributed by atoms with E-state index < -0.39 is 0 Å². The first-order valence-corrected chi connectivity index (χ1v) is 18.7. The van der Waals surface area contributed by atoms with Crippen molar-refractivity contribution >= 4 is 17.3 Å². The first-order chi connectivity index (χ1) is 22.8. The van der Waals surface area contributed by atoms with E-state index in [1.54, 1.807) is 0 Å². The van der Waals surface area contributed by atoms with Crippen LogP contribution in [0.25, 0.3) is 0 Å². The van der Waals surface area contributed by atoms with Crippen LogP contribution in [0.2, 0.25) is 5.02 Å². The molecule has 5 nitrogen and oxygen atoms in total. The highest BCUT2D eigenvalue weighted by atomic mass is 35.5. The van der Waals surface area contributed by atoms with Gasteiger partial charge in [-0.3, -0.25) is 5.32 Å². The van der Waals surface area contributed by atoms with E-state index in [0.717, 1.165) is 81.3 Å². The molecule has 3 aromatic rings. The molecule has 0 spiro atoms. The van der Waals surface area contributed by atoms with Crippen molar-refractivity contribution in [3.63, 3.8) is 0 Å². The van der Waals surface area contributed by atoms with Gasteiger partial charge >= 0.3 is 0 Å². The minimum atomic E-state index is -0.0343. The van der Waals surface area contributed by atoms with Crippen LogP contribution in [-0.4, -0.2) is 49.5 Å². The highest BCUT2D eigenvalue weighted by Gasteiger charge is 2.52. The van der Waals surface area contributed by atoms with Crippen LogP contribution < -0.4 is 19.7 Å². The van der Waals surface area contributed by atoms with E-state index in [9.17, 15) is 0 Å². The molecule has 1 N–H and O–H groups in total. The molecule has 0 aliphatic carbocycles. The summed E-state index contributed by atoms with van der Waals surface area (Å²) in [7, 11) is 0. The molecule has 258 valence electrons. The summed E-state index contributed by atoms with van der Waals surface area (Å²) >= 11 is 6.05. The smallest absolute Gasteiger partial charge is 0.119 e. The molecule has 0 amide bonds. The van der Waals surface area contributed by atoms with E-state index in [2.05, 4.69) is 117 Å². The Morgan fingerprint density at radius 3 is 2.02 bits per heavy atom. The number of nitrogens with zero attached hydrogens (tertiary/aromatic N) is 2. The van der Waals surface area contributed by atoms with E-state index in [0.29, 0.717) is 12.5 Å². The first kappa shape index (κ1) is 37.1. The molecule has 4 rings (SSSR count). The van der Waals surface area contributed by atoms with Gasteiger partial charge in [-0.25, -0.2) is 0 Å². The Labute approximate surface area is 291 Å². The molecule has 3 aromatic carbocycles. The molecule has 3 unspecified atom stereocenters. The Hall–Kier alpha value is -2.73. The standard InChI is InChI=1S/C41H60ClN3O2/c1-7-11-27-41(26-8-2)40(34-15-21-37(22-16-34)47-30-25-33-13-17-35(42)18-14-33)43-39(31-32(5)6)45(41)36-19-23-38(24-20-36)46-29-12-28-44(9-3)10-4/h13-24,32,39-40,43H,7-12,25-31H2,1-6H3. The van der Waals surface area contributed by atoms with Gasteiger partial charge in [-0.1, -0.05) is 96.7 Å². The number of halogens is 1. The lowest BCUT2D eigenvalue weighted by atomic mass is 9.77. The minimum absolute atomic E-state index is 0.0343. The average molecular weight is 662 g/mol.